The Balaban J connectivity index is 2.20. The van der Waals surface area contributed by atoms with E-state index in [1.807, 2.05) is 0 Å². The van der Waals surface area contributed by atoms with E-state index in [4.69, 9.17) is 0 Å². The Hall–Kier alpha value is -2.20. The second-order valence-corrected chi connectivity index (χ2v) is 8.13. The number of nitrogens with one attached hydrogen (secondary N) is 1. The summed E-state index contributed by atoms with van der Waals surface area (Å²) in [5.41, 5.74) is -0.738. The highest BCUT2D eigenvalue weighted by molar-refractivity contribution is 8.13. The average molecular weight is 404 g/mol. The molecule has 0 saturated heterocycles. The van der Waals surface area contributed by atoms with Crippen LogP contribution in [0.1, 0.15) is 5.56 Å². The quantitative estimate of drug-likeness (QED) is 0.773. The van der Waals surface area contributed by atoms with Crippen molar-refractivity contribution in [1.29, 1.82) is 0 Å². The lowest BCUT2D eigenvalue weighted by Crippen LogP contribution is -2.16. The van der Waals surface area contributed by atoms with Crippen molar-refractivity contribution >= 4 is 32.7 Å². The second kappa shape index (κ2) is 7.58. The maximum absolute atomic E-state index is 12.6. The van der Waals surface area contributed by atoms with Gasteiger partial charge in [-0.05, 0) is 54.2 Å². The molecule has 0 unspecified atom stereocenters. The van der Waals surface area contributed by atoms with Gasteiger partial charge in [0.1, 0.15) is 0 Å². The summed E-state index contributed by atoms with van der Waals surface area (Å²) in [6.07, 6.45) is -4.54. The van der Waals surface area contributed by atoms with E-state index in [9.17, 15) is 26.4 Å². The van der Waals surface area contributed by atoms with Crippen LogP contribution in [0.5, 0.6) is 0 Å². The summed E-state index contributed by atoms with van der Waals surface area (Å²) in [7, 11) is -0.880. The van der Waals surface area contributed by atoms with E-state index in [-0.39, 0.29) is 15.8 Å². The molecule has 0 bridgehead atoms. The molecule has 0 heterocycles. The third kappa shape index (κ3) is 5.15. The first kappa shape index (κ1) is 20.1. The number of anilines is 1. The van der Waals surface area contributed by atoms with Crippen molar-refractivity contribution in [1.82, 2.24) is 4.90 Å². The molecular weight excluding hydrogens is 389 g/mol. The summed E-state index contributed by atoms with van der Waals surface area (Å²) in [5.74, 6) is 0. The van der Waals surface area contributed by atoms with E-state index in [0.29, 0.717) is 17.0 Å². The van der Waals surface area contributed by atoms with Crippen molar-refractivity contribution < 1.29 is 26.4 Å². The third-order valence-corrected chi connectivity index (χ3v) is 5.58. The second-order valence-electron chi connectivity index (χ2n) is 5.42. The van der Waals surface area contributed by atoms with Gasteiger partial charge in [0.05, 0.1) is 10.5 Å². The minimum absolute atomic E-state index is 0.196. The van der Waals surface area contributed by atoms with Crippen molar-refractivity contribution in [2.75, 3.05) is 18.8 Å². The number of carbonyl (C=O) groups is 1. The zero-order valence-electron chi connectivity index (χ0n) is 13.7. The molecule has 0 atom stereocenters. The summed E-state index contributed by atoms with van der Waals surface area (Å²) in [6.45, 7) is 0. The van der Waals surface area contributed by atoms with Gasteiger partial charge in [-0.1, -0.05) is 6.07 Å². The molecule has 0 saturated carbocycles. The van der Waals surface area contributed by atoms with Gasteiger partial charge in [0.2, 0.25) is 0 Å². The number of halogens is 3. The molecule has 0 aliphatic carbocycles. The number of sulfonamides is 1. The number of nitrogens with zero attached hydrogens (tertiary/aromatic N) is 1. The van der Waals surface area contributed by atoms with Gasteiger partial charge >= 0.3 is 6.18 Å². The molecule has 10 heteroatoms. The zero-order chi connectivity index (χ0) is 19.5. The van der Waals surface area contributed by atoms with Crippen LogP contribution in [0.25, 0.3) is 0 Å². The number of hydrogen-bond donors (Lipinski definition) is 1. The number of hydrogen-bond acceptors (Lipinski definition) is 4. The Morgan fingerprint density at radius 2 is 1.69 bits per heavy atom. The Kier molecular flexibility index (Phi) is 5.87. The Morgan fingerprint density at radius 1 is 1.08 bits per heavy atom. The van der Waals surface area contributed by atoms with Crippen LogP contribution in [-0.2, 0) is 16.2 Å². The molecule has 0 spiro atoms. The standard InChI is InChI=1S/C16H15F3N2O3S2/c1-21(2)15(22)25-13-5-3-4-12(10-13)20-26(23,24)14-8-6-11(7-9-14)16(17,18)19/h3-10,20H,1-2H3. The minimum atomic E-state index is -4.54. The van der Waals surface area contributed by atoms with Crippen LogP contribution >= 0.6 is 11.8 Å². The fourth-order valence-corrected chi connectivity index (χ4v) is 3.62. The van der Waals surface area contributed by atoms with Gasteiger partial charge in [0.15, 0.2) is 0 Å². The van der Waals surface area contributed by atoms with Gasteiger partial charge in [-0.25, -0.2) is 8.42 Å². The predicted octanol–water partition coefficient (Wildman–Crippen LogP) is 4.28. The van der Waals surface area contributed by atoms with Crippen LogP contribution in [0.3, 0.4) is 0 Å². The van der Waals surface area contributed by atoms with Gasteiger partial charge in [-0.3, -0.25) is 9.52 Å². The van der Waals surface area contributed by atoms with Crippen LogP contribution < -0.4 is 4.72 Å². The fourth-order valence-electron chi connectivity index (χ4n) is 1.85. The van der Waals surface area contributed by atoms with Crippen molar-refractivity contribution in [2.45, 2.75) is 16.0 Å². The third-order valence-electron chi connectivity index (χ3n) is 3.15. The molecule has 5 nitrogen and oxygen atoms in total. The molecule has 1 amide bonds. The van der Waals surface area contributed by atoms with Crippen LogP contribution in [-0.4, -0.2) is 32.7 Å². The van der Waals surface area contributed by atoms with Crippen molar-refractivity contribution in [2.24, 2.45) is 0 Å². The first-order valence-electron chi connectivity index (χ1n) is 7.18. The van der Waals surface area contributed by atoms with E-state index >= 15 is 0 Å². The Labute approximate surface area is 153 Å². The summed E-state index contributed by atoms with van der Waals surface area (Å²) in [5, 5.41) is -0.229. The van der Waals surface area contributed by atoms with Gasteiger partial charge in [-0.2, -0.15) is 13.2 Å². The largest absolute Gasteiger partial charge is 0.416 e. The predicted molar refractivity (Wildman–Crippen MR) is 93.6 cm³/mol. The van der Waals surface area contributed by atoms with Crippen molar-refractivity contribution in [3.05, 3.63) is 54.1 Å². The van der Waals surface area contributed by atoms with Gasteiger partial charge in [-0.15, -0.1) is 0 Å². The van der Waals surface area contributed by atoms with Crippen molar-refractivity contribution in [3.8, 4) is 0 Å². The molecular formula is C16H15F3N2O3S2. The molecule has 2 aromatic rings. The highest BCUT2D eigenvalue weighted by Crippen LogP contribution is 2.30. The molecule has 26 heavy (non-hydrogen) atoms. The summed E-state index contributed by atoms with van der Waals surface area (Å²) in [4.78, 5) is 13.3. The number of benzene rings is 2. The SMILES string of the molecule is CN(C)C(=O)Sc1cccc(NS(=O)(=O)c2ccc(C(F)(F)F)cc2)c1. The van der Waals surface area contributed by atoms with Crippen LogP contribution in [0.15, 0.2) is 58.3 Å². The molecule has 140 valence electrons. The molecule has 0 aromatic heterocycles. The smallest absolute Gasteiger partial charge is 0.339 e. The Morgan fingerprint density at radius 3 is 2.23 bits per heavy atom. The molecule has 2 aromatic carbocycles. The zero-order valence-corrected chi connectivity index (χ0v) is 15.4. The van der Waals surface area contributed by atoms with Gasteiger partial charge in [0.25, 0.3) is 15.3 Å². The van der Waals surface area contributed by atoms with E-state index < -0.39 is 21.8 Å². The molecule has 0 radical (unpaired) electrons. The number of thioether (sulfide) groups is 1. The highest BCUT2D eigenvalue weighted by Gasteiger charge is 2.30. The van der Waals surface area contributed by atoms with E-state index in [1.165, 1.54) is 17.0 Å². The summed E-state index contributed by atoms with van der Waals surface area (Å²) < 4.78 is 64.7. The van der Waals surface area contributed by atoms with E-state index in [2.05, 4.69) is 4.72 Å². The monoisotopic (exact) mass is 404 g/mol. The van der Waals surface area contributed by atoms with Crippen molar-refractivity contribution in [3.63, 3.8) is 0 Å². The van der Waals surface area contributed by atoms with Gasteiger partial charge < -0.3 is 4.90 Å². The van der Waals surface area contributed by atoms with E-state index in [0.717, 1.165) is 23.9 Å². The molecule has 1 N–H and O–H groups in total. The molecule has 2 rings (SSSR count). The summed E-state index contributed by atoms with van der Waals surface area (Å²) >= 11 is 0.920. The first-order valence-corrected chi connectivity index (χ1v) is 9.48. The van der Waals surface area contributed by atoms with E-state index in [1.54, 1.807) is 26.2 Å². The lowest BCUT2D eigenvalue weighted by molar-refractivity contribution is -0.137. The lowest BCUT2D eigenvalue weighted by atomic mass is 10.2. The first-order chi connectivity index (χ1) is 12.0. The minimum Gasteiger partial charge on any atom is -0.339 e. The summed E-state index contributed by atoms with van der Waals surface area (Å²) in [6, 6.07) is 9.34. The fraction of sp³-hybridized carbons (Fsp3) is 0.188. The lowest BCUT2D eigenvalue weighted by Gasteiger charge is -2.12. The average Bonchev–Trinajstić information content (AvgIpc) is 2.54. The van der Waals surface area contributed by atoms with Gasteiger partial charge in [0, 0.05) is 24.7 Å². The topological polar surface area (TPSA) is 66.5 Å². The maximum atomic E-state index is 12.6. The Bertz CT molecular complexity index is 896. The van der Waals surface area contributed by atoms with Crippen LogP contribution in [0.4, 0.5) is 23.7 Å². The molecule has 0 aliphatic heterocycles. The normalized spacial score (nSPS) is 11.9. The highest BCUT2D eigenvalue weighted by atomic mass is 32.2. The van der Waals surface area contributed by atoms with Crippen LogP contribution in [0.2, 0.25) is 0 Å². The van der Waals surface area contributed by atoms with Crippen LogP contribution in [0, 0.1) is 0 Å². The number of amides is 1. The molecule has 0 fully saturated rings. The number of rotatable bonds is 4. The maximum Gasteiger partial charge on any atom is 0.416 e. The number of alkyl halides is 3. The number of carbonyl (C=O) groups excluding carboxylic acids is 1. The molecule has 0 aliphatic rings.